The molecule has 104 valence electrons. The second kappa shape index (κ2) is 6.73. The van der Waals surface area contributed by atoms with E-state index in [9.17, 15) is 4.39 Å². The maximum absolute atomic E-state index is 13.3. The first kappa shape index (κ1) is 14.1. The molecule has 2 rings (SSSR count). The maximum atomic E-state index is 13.3. The van der Waals surface area contributed by atoms with E-state index in [1.54, 1.807) is 16.9 Å². The van der Waals surface area contributed by atoms with Gasteiger partial charge in [-0.2, -0.15) is 5.10 Å². The van der Waals surface area contributed by atoms with Crippen molar-refractivity contribution in [1.82, 2.24) is 9.78 Å². The number of benzene rings is 1. The summed E-state index contributed by atoms with van der Waals surface area (Å²) >= 11 is 0. The fourth-order valence-corrected chi connectivity index (χ4v) is 1.78. The molecule has 0 aliphatic heterocycles. The molecule has 1 aromatic carbocycles. The first-order valence-electron chi connectivity index (χ1n) is 6.29. The van der Waals surface area contributed by atoms with Gasteiger partial charge in [0.25, 0.3) is 0 Å². The van der Waals surface area contributed by atoms with E-state index in [0.29, 0.717) is 24.3 Å². The molecule has 0 aliphatic carbocycles. The van der Waals surface area contributed by atoms with Gasteiger partial charge in [0, 0.05) is 31.4 Å². The van der Waals surface area contributed by atoms with E-state index in [1.807, 2.05) is 13.1 Å². The van der Waals surface area contributed by atoms with Gasteiger partial charge in [0.15, 0.2) is 0 Å². The first-order chi connectivity index (χ1) is 9.70. The Balaban J connectivity index is 2.04. The highest BCUT2D eigenvalue weighted by atomic mass is 19.1. The zero-order valence-corrected chi connectivity index (χ0v) is 11.3. The average Bonchev–Trinajstić information content (AvgIpc) is 2.84. The molecule has 0 atom stereocenters. The normalized spacial score (nSPS) is 9.95. The van der Waals surface area contributed by atoms with E-state index < -0.39 is 0 Å². The van der Waals surface area contributed by atoms with Crippen LogP contribution < -0.4 is 10.5 Å². The lowest BCUT2D eigenvalue weighted by atomic mass is 10.2. The minimum Gasteiger partial charge on any atom is -0.492 e. The van der Waals surface area contributed by atoms with Gasteiger partial charge in [-0.15, -0.1) is 0 Å². The third-order valence-electron chi connectivity index (χ3n) is 2.81. The van der Waals surface area contributed by atoms with Crippen molar-refractivity contribution in [2.24, 2.45) is 12.8 Å². The smallest absolute Gasteiger partial charge is 0.137 e. The Morgan fingerprint density at radius 1 is 1.40 bits per heavy atom. The van der Waals surface area contributed by atoms with Gasteiger partial charge in [0.1, 0.15) is 11.6 Å². The number of ether oxygens (including phenoxy) is 1. The Kier molecular flexibility index (Phi) is 4.75. The summed E-state index contributed by atoms with van der Waals surface area (Å²) in [5.41, 5.74) is 7.03. The van der Waals surface area contributed by atoms with Gasteiger partial charge in [0.2, 0.25) is 0 Å². The standard InChI is InChI=1S/C15H16FN3O/c1-19-14(6-9-18-19)7-10-20-15-11-13(16)5-4-12(15)3-2-8-17/h4-6,9,11H,7-8,10,17H2,1H3. The molecule has 2 N–H and O–H groups in total. The van der Waals surface area contributed by atoms with E-state index in [-0.39, 0.29) is 12.4 Å². The molecular weight excluding hydrogens is 257 g/mol. The maximum Gasteiger partial charge on any atom is 0.137 e. The molecular formula is C15H16FN3O. The van der Waals surface area contributed by atoms with Gasteiger partial charge in [0.05, 0.1) is 18.7 Å². The molecule has 5 heteroatoms. The van der Waals surface area contributed by atoms with E-state index >= 15 is 0 Å². The number of hydrogen-bond donors (Lipinski definition) is 1. The Hall–Kier alpha value is -2.32. The number of nitrogens with zero attached hydrogens (tertiary/aromatic N) is 2. The summed E-state index contributed by atoms with van der Waals surface area (Å²) in [5.74, 6) is 5.70. The summed E-state index contributed by atoms with van der Waals surface area (Å²) < 4.78 is 20.7. The predicted molar refractivity (Wildman–Crippen MR) is 74.7 cm³/mol. The number of halogens is 1. The predicted octanol–water partition coefficient (Wildman–Crippen LogP) is 1.49. The van der Waals surface area contributed by atoms with Crippen LogP contribution in [0, 0.1) is 17.7 Å². The van der Waals surface area contributed by atoms with Crippen molar-refractivity contribution in [3.63, 3.8) is 0 Å². The van der Waals surface area contributed by atoms with Crippen molar-refractivity contribution in [3.8, 4) is 17.6 Å². The quantitative estimate of drug-likeness (QED) is 0.859. The molecule has 0 amide bonds. The molecule has 0 spiro atoms. The van der Waals surface area contributed by atoms with Gasteiger partial charge in [-0.05, 0) is 18.2 Å². The fourth-order valence-electron chi connectivity index (χ4n) is 1.78. The Morgan fingerprint density at radius 2 is 2.25 bits per heavy atom. The van der Waals surface area contributed by atoms with Crippen LogP contribution in [0.5, 0.6) is 5.75 Å². The SMILES string of the molecule is Cn1nccc1CCOc1cc(F)ccc1C#CCN. The summed E-state index contributed by atoms with van der Waals surface area (Å²) in [6.07, 6.45) is 2.42. The fraction of sp³-hybridized carbons (Fsp3) is 0.267. The largest absolute Gasteiger partial charge is 0.492 e. The van der Waals surface area contributed by atoms with Crippen LogP contribution in [0.4, 0.5) is 4.39 Å². The molecule has 1 heterocycles. The molecule has 0 saturated carbocycles. The molecule has 1 aromatic heterocycles. The van der Waals surface area contributed by atoms with Crippen molar-refractivity contribution < 1.29 is 9.13 Å². The summed E-state index contributed by atoms with van der Waals surface area (Å²) in [7, 11) is 1.87. The monoisotopic (exact) mass is 273 g/mol. The highest BCUT2D eigenvalue weighted by Gasteiger charge is 2.05. The van der Waals surface area contributed by atoms with Crippen molar-refractivity contribution in [3.05, 3.63) is 47.5 Å². The van der Waals surface area contributed by atoms with Crippen molar-refractivity contribution in [2.75, 3.05) is 13.2 Å². The molecule has 0 aliphatic rings. The van der Waals surface area contributed by atoms with Crippen molar-refractivity contribution in [2.45, 2.75) is 6.42 Å². The zero-order valence-electron chi connectivity index (χ0n) is 11.3. The van der Waals surface area contributed by atoms with Gasteiger partial charge in [-0.1, -0.05) is 11.8 Å². The van der Waals surface area contributed by atoms with Crippen LogP contribution in [-0.4, -0.2) is 22.9 Å². The molecule has 0 radical (unpaired) electrons. The molecule has 2 aromatic rings. The van der Waals surface area contributed by atoms with Crippen LogP contribution in [0.25, 0.3) is 0 Å². The van der Waals surface area contributed by atoms with E-state index in [4.69, 9.17) is 10.5 Å². The van der Waals surface area contributed by atoms with Gasteiger partial charge >= 0.3 is 0 Å². The number of aromatic nitrogens is 2. The lowest BCUT2D eigenvalue weighted by molar-refractivity contribution is 0.316. The number of rotatable bonds is 4. The second-order valence-corrected chi connectivity index (χ2v) is 4.19. The highest BCUT2D eigenvalue weighted by molar-refractivity contribution is 5.46. The molecule has 0 bridgehead atoms. The number of nitrogens with two attached hydrogens (primary N) is 1. The minimum atomic E-state index is -0.348. The minimum absolute atomic E-state index is 0.256. The van der Waals surface area contributed by atoms with Gasteiger partial charge < -0.3 is 10.5 Å². The van der Waals surface area contributed by atoms with Crippen LogP contribution in [0.2, 0.25) is 0 Å². The molecule has 0 unspecified atom stereocenters. The van der Waals surface area contributed by atoms with Gasteiger partial charge in [-0.25, -0.2) is 4.39 Å². The topological polar surface area (TPSA) is 53.1 Å². The Labute approximate surface area is 117 Å². The lowest BCUT2D eigenvalue weighted by Crippen LogP contribution is -2.07. The van der Waals surface area contributed by atoms with Crippen LogP contribution in [-0.2, 0) is 13.5 Å². The summed E-state index contributed by atoms with van der Waals surface area (Å²) in [4.78, 5) is 0. The van der Waals surface area contributed by atoms with Crippen LogP contribution >= 0.6 is 0 Å². The lowest BCUT2D eigenvalue weighted by Gasteiger charge is -2.08. The molecule has 20 heavy (non-hydrogen) atoms. The highest BCUT2D eigenvalue weighted by Crippen LogP contribution is 2.19. The molecule has 4 nitrogen and oxygen atoms in total. The van der Waals surface area contributed by atoms with E-state index in [2.05, 4.69) is 16.9 Å². The Bertz CT molecular complexity index is 640. The molecule has 0 saturated heterocycles. The van der Waals surface area contributed by atoms with Gasteiger partial charge in [-0.3, -0.25) is 4.68 Å². The van der Waals surface area contributed by atoms with E-state index in [1.165, 1.54) is 12.1 Å². The Morgan fingerprint density at radius 3 is 2.95 bits per heavy atom. The third kappa shape index (κ3) is 3.59. The zero-order chi connectivity index (χ0) is 14.4. The van der Waals surface area contributed by atoms with Crippen LogP contribution in [0.3, 0.4) is 0 Å². The summed E-state index contributed by atoms with van der Waals surface area (Å²) in [6, 6.07) is 6.21. The number of hydrogen-bond acceptors (Lipinski definition) is 3. The first-order valence-corrected chi connectivity index (χ1v) is 6.29. The third-order valence-corrected chi connectivity index (χ3v) is 2.81. The van der Waals surface area contributed by atoms with Crippen LogP contribution in [0.1, 0.15) is 11.3 Å². The van der Waals surface area contributed by atoms with Crippen LogP contribution in [0.15, 0.2) is 30.5 Å². The molecule has 0 fully saturated rings. The van der Waals surface area contributed by atoms with Crippen molar-refractivity contribution in [1.29, 1.82) is 0 Å². The summed E-state index contributed by atoms with van der Waals surface area (Å²) in [5, 5.41) is 4.08. The average molecular weight is 273 g/mol. The second-order valence-electron chi connectivity index (χ2n) is 4.19. The summed E-state index contributed by atoms with van der Waals surface area (Å²) in [6.45, 7) is 0.687. The van der Waals surface area contributed by atoms with E-state index in [0.717, 1.165) is 5.69 Å². The number of aryl methyl sites for hydroxylation is 1. The van der Waals surface area contributed by atoms with Crippen molar-refractivity contribution >= 4 is 0 Å².